The molecule has 0 fully saturated rings. The van der Waals surface area contributed by atoms with Gasteiger partial charge in [-0.1, -0.05) is 12.1 Å². The van der Waals surface area contributed by atoms with E-state index in [0.29, 0.717) is 17.1 Å². The molecule has 0 saturated carbocycles. The number of amides is 1. The van der Waals surface area contributed by atoms with Crippen molar-refractivity contribution in [2.75, 3.05) is 7.11 Å². The standard InChI is InChI=1S/C28H24FN3O3S/c1-18(31-28(33)20-12-13-36-17-20)27(19-4-3-5-24(14-19)34-2)35-25-10-11-26-21(15-25)16-30-32(26)23-8-6-22(29)7-9-23/h3-18,27H,1-2H3,(H,31,33)/t18-,27+/m0/s1. The van der Waals surface area contributed by atoms with Gasteiger partial charge in [-0.15, -0.1) is 0 Å². The average molecular weight is 502 g/mol. The summed E-state index contributed by atoms with van der Waals surface area (Å²) in [7, 11) is 1.61. The molecule has 5 rings (SSSR count). The number of aromatic nitrogens is 2. The number of halogens is 1. The Balaban J connectivity index is 1.44. The zero-order valence-corrected chi connectivity index (χ0v) is 20.5. The molecule has 0 aliphatic carbocycles. The number of rotatable bonds is 8. The van der Waals surface area contributed by atoms with Gasteiger partial charge in [0, 0.05) is 16.3 Å². The van der Waals surface area contributed by atoms with Crippen LogP contribution in [-0.4, -0.2) is 28.8 Å². The molecule has 2 heterocycles. The molecular formula is C28H24FN3O3S. The molecule has 36 heavy (non-hydrogen) atoms. The van der Waals surface area contributed by atoms with Crippen molar-refractivity contribution in [2.24, 2.45) is 0 Å². The van der Waals surface area contributed by atoms with Gasteiger partial charge >= 0.3 is 0 Å². The summed E-state index contributed by atoms with van der Waals surface area (Å²) in [6.07, 6.45) is 1.26. The number of carbonyl (C=O) groups excluding carboxylic acids is 1. The van der Waals surface area contributed by atoms with E-state index >= 15 is 0 Å². The van der Waals surface area contributed by atoms with Gasteiger partial charge < -0.3 is 14.8 Å². The van der Waals surface area contributed by atoms with Crippen molar-refractivity contribution >= 4 is 28.1 Å². The second-order valence-corrected chi connectivity index (χ2v) is 9.12. The fourth-order valence-electron chi connectivity index (χ4n) is 4.06. The number of hydrogen-bond acceptors (Lipinski definition) is 5. The maximum atomic E-state index is 13.3. The van der Waals surface area contributed by atoms with Crippen LogP contribution in [0.2, 0.25) is 0 Å². The highest BCUT2D eigenvalue weighted by Crippen LogP contribution is 2.30. The molecule has 0 aliphatic heterocycles. The molecule has 0 saturated heterocycles. The van der Waals surface area contributed by atoms with Crippen LogP contribution in [0, 0.1) is 5.82 Å². The van der Waals surface area contributed by atoms with Gasteiger partial charge in [0.2, 0.25) is 0 Å². The number of nitrogens with zero attached hydrogens (tertiary/aromatic N) is 2. The summed E-state index contributed by atoms with van der Waals surface area (Å²) >= 11 is 1.47. The number of thiophene rings is 1. The number of hydrogen-bond donors (Lipinski definition) is 1. The lowest BCUT2D eigenvalue weighted by atomic mass is 10.0. The van der Waals surface area contributed by atoms with Crippen LogP contribution in [0.5, 0.6) is 11.5 Å². The van der Waals surface area contributed by atoms with E-state index in [1.54, 1.807) is 36.2 Å². The van der Waals surface area contributed by atoms with Crippen molar-refractivity contribution in [3.05, 3.63) is 107 Å². The molecule has 0 radical (unpaired) electrons. The molecule has 3 aromatic carbocycles. The lowest BCUT2D eigenvalue weighted by Gasteiger charge is -2.27. The SMILES string of the molecule is COc1cccc([C@H](Oc2ccc3c(cnn3-c3ccc(F)cc3)c2)[C@H](C)NC(=O)c2ccsc2)c1. The van der Waals surface area contributed by atoms with Crippen LogP contribution >= 0.6 is 11.3 Å². The minimum atomic E-state index is -0.479. The van der Waals surface area contributed by atoms with Gasteiger partial charge in [-0.05, 0) is 78.5 Å². The first-order valence-corrected chi connectivity index (χ1v) is 12.3. The Hall–Kier alpha value is -4.17. The fraction of sp³-hybridized carbons (Fsp3) is 0.143. The lowest BCUT2D eigenvalue weighted by molar-refractivity contribution is 0.0882. The average Bonchev–Trinajstić information content (AvgIpc) is 3.58. The summed E-state index contributed by atoms with van der Waals surface area (Å²) in [5.74, 6) is 0.880. The van der Waals surface area contributed by atoms with Crippen LogP contribution in [0.3, 0.4) is 0 Å². The van der Waals surface area contributed by atoms with Crippen LogP contribution in [0.4, 0.5) is 4.39 Å². The van der Waals surface area contributed by atoms with E-state index in [1.165, 1.54) is 23.5 Å². The Morgan fingerprint density at radius 1 is 1.06 bits per heavy atom. The number of nitrogens with one attached hydrogen (secondary N) is 1. The molecule has 5 aromatic rings. The maximum Gasteiger partial charge on any atom is 0.252 e. The minimum absolute atomic E-state index is 0.156. The van der Waals surface area contributed by atoms with Gasteiger partial charge in [0.1, 0.15) is 23.4 Å². The Bertz CT molecular complexity index is 1480. The maximum absolute atomic E-state index is 13.3. The first kappa shape index (κ1) is 23.6. The van der Waals surface area contributed by atoms with Gasteiger partial charge in [0.05, 0.1) is 30.6 Å². The molecule has 8 heteroatoms. The summed E-state index contributed by atoms with van der Waals surface area (Å²) in [5.41, 5.74) is 3.12. The summed E-state index contributed by atoms with van der Waals surface area (Å²) < 4.78 is 27.0. The van der Waals surface area contributed by atoms with Crippen LogP contribution in [-0.2, 0) is 0 Å². The fourth-order valence-corrected chi connectivity index (χ4v) is 4.69. The molecule has 1 amide bonds. The number of carbonyl (C=O) groups is 1. The molecule has 0 bridgehead atoms. The molecule has 2 aromatic heterocycles. The summed E-state index contributed by atoms with van der Waals surface area (Å²) in [4.78, 5) is 12.7. The predicted molar refractivity (Wildman–Crippen MR) is 139 cm³/mol. The van der Waals surface area contributed by atoms with Crippen LogP contribution in [0.15, 0.2) is 89.8 Å². The molecule has 2 atom stereocenters. The van der Waals surface area contributed by atoms with E-state index in [-0.39, 0.29) is 17.8 Å². The second kappa shape index (κ2) is 10.2. The molecular weight excluding hydrogens is 477 g/mol. The predicted octanol–water partition coefficient (Wildman–Crippen LogP) is 6.17. The Kier molecular flexibility index (Phi) is 6.69. The molecule has 182 valence electrons. The zero-order valence-electron chi connectivity index (χ0n) is 19.7. The van der Waals surface area contributed by atoms with Gasteiger partial charge in [-0.25, -0.2) is 9.07 Å². The van der Waals surface area contributed by atoms with Crippen molar-refractivity contribution < 1.29 is 18.7 Å². The molecule has 6 nitrogen and oxygen atoms in total. The second-order valence-electron chi connectivity index (χ2n) is 8.34. The zero-order chi connectivity index (χ0) is 25.1. The highest BCUT2D eigenvalue weighted by atomic mass is 32.1. The Morgan fingerprint density at radius 2 is 1.89 bits per heavy atom. The van der Waals surface area contributed by atoms with Crippen molar-refractivity contribution in [1.82, 2.24) is 15.1 Å². The smallest absolute Gasteiger partial charge is 0.252 e. The first-order valence-electron chi connectivity index (χ1n) is 11.4. The summed E-state index contributed by atoms with van der Waals surface area (Å²) in [6, 6.07) is 20.9. The van der Waals surface area contributed by atoms with E-state index in [0.717, 1.165) is 22.2 Å². The van der Waals surface area contributed by atoms with Crippen LogP contribution < -0.4 is 14.8 Å². The minimum Gasteiger partial charge on any atom is -0.497 e. The van der Waals surface area contributed by atoms with Crippen molar-refractivity contribution in [3.8, 4) is 17.2 Å². The number of benzene rings is 3. The lowest BCUT2D eigenvalue weighted by Crippen LogP contribution is -2.39. The molecule has 1 N–H and O–H groups in total. The highest BCUT2D eigenvalue weighted by Gasteiger charge is 2.24. The Labute approximate surface area is 211 Å². The third-order valence-electron chi connectivity index (χ3n) is 5.89. The highest BCUT2D eigenvalue weighted by molar-refractivity contribution is 7.08. The number of fused-ring (bicyclic) bond motifs is 1. The van der Waals surface area contributed by atoms with E-state index in [1.807, 2.05) is 60.1 Å². The van der Waals surface area contributed by atoms with Crippen molar-refractivity contribution in [3.63, 3.8) is 0 Å². The molecule has 0 spiro atoms. The van der Waals surface area contributed by atoms with E-state index in [9.17, 15) is 9.18 Å². The normalized spacial score (nSPS) is 12.8. The Morgan fingerprint density at radius 3 is 2.64 bits per heavy atom. The van der Waals surface area contributed by atoms with E-state index < -0.39 is 6.10 Å². The summed E-state index contributed by atoms with van der Waals surface area (Å²) in [5, 5.41) is 12.1. The van der Waals surface area contributed by atoms with Gasteiger partial charge in [0.25, 0.3) is 5.91 Å². The molecule has 0 aliphatic rings. The van der Waals surface area contributed by atoms with Crippen molar-refractivity contribution in [1.29, 1.82) is 0 Å². The van der Waals surface area contributed by atoms with Gasteiger partial charge in [-0.2, -0.15) is 16.4 Å². The quantitative estimate of drug-likeness (QED) is 0.276. The third-order valence-corrected chi connectivity index (χ3v) is 6.58. The van der Waals surface area contributed by atoms with Crippen LogP contribution in [0.25, 0.3) is 16.6 Å². The molecule has 0 unspecified atom stereocenters. The van der Waals surface area contributed by atoms with Crippen LogP contribution in [0.1, 0.15) is 28.9 Å². The summed E-state index contributed by atoms with van der Waals surface area (Å²) in [6.45, 7) is 1.92. The monoisotopic (exact) mass is 501 g/mol. The largest absolute Gasteiger partial charge is 0.497 e. The van der Waals surface area contributed by atoms with Gasteiger partial charge in [0.15, 0.2) is 0 Å². The number of ether oxygens (including phenoxy) is 2. The van der Waals surface area contributed by atoms with Gasteiger partial charge in [-0.3, -0.25) is 4.79 Å². The first-order chi connectivity index (χ1) is 17.5. The van der Waals surface area contributed by atoms with Crippen molar-refractivity contribution in [2.45, 2.75) is 19.1 Å². The third kappa shape index (κ3) is 4.94. The van der Waals surface area contributed by atoms with E-state index in [4.69, 9.17) is 9.47 Å². The number of methoxy groups -OCH3 is 1. The van der Waals surface area contributed by atoms with E-state index in [2.05, 4.69) is 10.4 Å². The topological polar surface area (TPSA) is 65.4 Å².